The van der Waals surface area contributed by atoms with Gasteiger partial charge in [-0.2, -0.15) is 0 Å². The molecule has 0 saturated carbocycles. The fraction of sp³-hybridized carbons (Fsp3) is 0.600. The van der Waals surface area contributed by atoms with E-state index in [-0.39, 0.29) is 25.2 Å². The number of ether oxygens (including phenoxy) is 2. The number of unbranched alkanes of at least 4 members (excludes halogenated alkanes) is 4. The largest absolute Gasteiger partial charge is 0.462 e. The number of ketones is 1. The van der Waals surface area contributed by atoms with Crippen molar-refractivity contribution in [2.75, 3.05) is 6.61 Å². The van der Waals surface area contributed by atoms with Crippen molar-refractivity contribution in [2.45, 2.75) is 90.6 Å². The zero-order valence-electron chi connectivity index (χ0n) is 19.4. The lowest BCUT2D eigenvalue weighted by Crippen LogP contribution is -2.25. The summed E-state index contributed by atoms with van der Waals surface area (Å²) in [5.74, 6) is -1.38. The van der Waals surface area contributed by atoms with Gasteiger partial charge < -0.3 is 15.2 Å². The van der Waals surface area contributed by atoms with Crippen molar-refractivity contribution in [3.63, 3.8) is 0 Å². The van der Waals surface area contributed by atoms with Crippen LogP contribution in [0.15, 0.2) is 24.3 Å². The number of hydrogen-bond donors (Lipinski definition) is 1. The summed E-state index contributed by atoms with van der Waals surface area (Å²) < 4.78 is 10.3. The van der Waals surface area contributed by atoms with Gasteiger partial charge in [0.2, 0.25) is 5.91 Å². The quantitative estimate of drug-likeness (QED) is 0.216. The molecule has 178 valence electrons. The van der Waals surface area contributed by atoms with Crippen molar-refractivity contribution in [3.8, 4) is 0 Å². The van der Waals surface area contributed by atoms with Crippen LogP contribution < -0.4 is 5.73 Å². The van der Waals surface area contributed by atoms with Crippen molar-refractivity contribution in [3.05, 3.63) is 35.4 Å². The predicted octanol–water partition coefficient (Wildman–Crippen LogP) is 4.29. The standard InChI is InChI=1S/C25H37NO6/c1-3-4-5-6-7-11-23(28)21-14-12-20(13-15-21)9-8-10-22(32-19(2)27)18-31-25(30)17-16-24(26)29/h12-15,22H,3-11,16-18H2,1-2H3,(H2,26,29). The number of esters is 2. The molecule has 0 saturated heterocycles. The number of Topliss-reactive ketones (excluding diaryl/α,β-unsaturated/α-hetero) is 1. The van der Waals surface area contributed by atoms with E-state index in [1.54, 1.807) is 0 Å². The molecule has 0 radical (unpaired) electrons. The average Bonchev–Trinajstić information content (AvgIpc) is 2.75. The molecule has 7 nitrogen and oxygen atoms in total. The predicted molar refractivity (Wildman–Crippen MR) is 122 cm³/mol. The summed E-state index contributed by atoms with van der Waals surface area (Å²) in [6, 6.07) is 7.64. The van der Waals surface area contributed by atoms with Gasteiger partial charge in [-0.1, -0.05) is 56.9 Å². The molecule has 0 heterocycles. The molecular weight excluding hydrogens is 410 g/mol. The Bertz CT molecular complexity index is 728. The van der Waals surface area contributed by atoms with Crippen LogP contribution in [0.2, 0.25) is 0 Å². The van der Waals surface area contributed by atoms with E-state index in [1.165, 1.54) is 26.2 Å². The van der Waals surface area contributed by atoms with Gasteiger partial charge in [-0.05, 0) is 31.2 Å². The van der Waals surface area contributed by atoms with Crippen molar-refractivity contribution in [2.24, 2.45) is 5.73 Å². The van der Waals surface area contributed by atoms with Crippen LogP contribution >= 0.6 is 0 Å². The third-order valence-electron chi connectivity index (χ3n) is 5.11. The van der Waals surface area contributed by atoms with E-state index in [4.69, 9.17) is 15.2 Å². The van der Waals surface area contributed by atoms with Gasteiger partial charge in [-0.3, -0.25) is 19.2 Å². The number of primary amides is 1. The third-order valence-corrected chi connectivity index (χ3v) is 5.11. The fourth-order valence-electron chi connectivity index (χ4n) is 3.32. The first kappa shape index (κ1) is 27.3. The molecular formula is C25H37NO6. The Kier molecular flexibility index (Phi) is 13.7. The molecule has 1 rings (SSSR count). The van der Waals surface area contributed by atoms with E-state index in [0.717, 1.165) is 36.8 Å². The summed E-state index contributed by atoms with van der Waals surface area (Å²) in [5, 5.41) is 0. The molecule has 1 atom stereocenters. The van der Waals surface area contributed by atoms with Crippen LogP contribution in [0.3, 0.4) is 0 Å². The summed E-state index contributed by atoms with van der Waals surface area (Å²) >= 11 is 0. The Hall–Kier alpha value is -2.70. The van der Waals surface area contributed by atoms with Crippen molar-refractivity contribution in [1.82, 2.24) is 0 Å². The molecule has 7 heteroatoms. The van der Waals surface area contributed by atoms with Gasteiger partial charge in [0.15, 0.2) is 5.78 Å². The molecule has 0 fully saturated rings. The van der Waals surface area contributed by atoms with Gasteiger partial charge in [0, 0.05) is 25.3 Å². The van der Waals surface area contributed by atoms with Gasteiger partial charge in [-0.15, -0.1) is 0 Å². The number of rotatable bonds is 17. The topological polar surface area (TPSA) is 113 Å². The molecule has 1 aromatic rings. The molecule has 0 bridgehead atoms. The van der Waals surface area contributed by atoms with Crippen LogP contribution in [0, 0.1) is 0 Å². The number of nitrogens with two attached hydrogens (primary N) is 1. The Morgan fingerprint density at radius 1 is 0.906 bits per heavy atom. The van der Waals surface area contributed by atoms with E-state index in [1.807, 2.05) is 24.3 Å². The number of carbonyl (C=O) groups is 4. The van der Waals surface area contributed by atoms with Crippen LogP contribution in [0.25, 0.3) is 0 Å². The lowest BCUT2D eigenvalue weighted by Gasteiger charge is -2.17. The van der Waals surface area contributed by atoms with Crippen molar-refractivity contribution < 1.29 is 28.7 Å². The number of aryl methyl sites for hydroxylation is 1. The zero-order valence-corrected chi connectivity index (χ0v) is 19.4. The highest BCUT2D eigenvalue weighted by Gasteiger charge is 2.15. The van der Waals surface area contributed by atoms with E-state index >= 15 is 0 Å². The molecule has 0 aliphatic rings. The molecule has 0 aromatic heterocycles. The second-order valence-electron chi connectivity index (χ2n) is 8.06. The van der Waals surface area contributed by atoms with Gasteiger partial charge in [-0.25, -0.2) is 0 Å². The van der Waals surface area contributed by atoms with Gasteiger partial charge >= 0.3 is 11.9 Å². The summed E-state index contributed by atoms with van der Waals surface area (Å²) in [5.41, 5.74) is 6.84. The third kappa shape index (κ3) is 12.9. The number of hydrogen-bond acceptors (Lipinski definition) is 6. The Labute approximate surface area is 191 Å². The van der Waals surface area contributed by atoms with E-state index in [2.05, 4.69) is 6.92 Å². The van der Waals surface area contributed by atoms with Crippen molar-refractivity contribution >= 4 is 23.6 Å². The van der Waals surface area contributed by atoms with Crippen LogP contribution in [-0.4, -0.2) is 36.3 Å². The van der Waals surface area contributed by atoms with Gasteiger partial charge in [0.05, 0.1) is 6.42 Å². The maximum absolute atomic E-state index is 12.3. The molecule has 1 amide bonds. The minimum Gasteiger partial charge on any atom is -0.462 e. The highest BCUT2D eigenvalue weighted by Crippen LogP contribution is 2.14. The Morgan fingerprint density at radius 2 is 1.59 bits per heavy atom. The molecule has 1 aromatic carbocycles. The lowest BCUT2D eigenvalue weighted by molar-refractivity contribution is -0.158. The number of amides is 1. The molecule has 0 aliphatic carbocycles. The SMILES string of the molecule is CCCCCCCC(=O)c1ccc(CCCC(COC(=O)CCC(N)=O)OC(C)=O)cc1. The van der Waals surface area contributed by atoms with Crippen LogP contribution in [0.4, 0.5) is 0 Å². The van der Waals surface area contributed by atoms with E-state index in [9.17, 15) is 19.2 Å². The zero-order chi connectivity index (χ0) is 23.8. The summed E-state index contributed by atoms with van der Waals surface area (Å²) in [7, 11) is 0. The second kappa shape index (κ2) is 16.0. The summed E-state index contributed by atoms with van der Waals surface area (Å²) in [4.78, 5) is 46.0. The van der Waals surface area contributed by atoms with E-state index < -0.39 is 23.9 Å². The lowest BCUT2D eigenvalue weighted by atomic mass is 10.0. The first-order valence-corrected chi connectivity index (χ1v) is 11.5. The summed E-state index contributed by atoms with van der Waals surface area (Å²) in [6.45, 7) is 3.43. The fourth-order valence-corrected chi connectivity index (χ4v) is 3.32. The van der Waals surface area contributed by atoms with Crippen molar-refractivity contribution in [1.29, 1.82) is 0 Å². The number of benzene rings is 1. The molecule has 32 heavy (non-hydrogen) atoms. The average molecular weight is 448 g/mol. The first-order chi connectivity index (χ1) is 15.3. The normalized spacial score (nSPS) is 11.6. The minimum atomic E-state index is -0.571. The Morgan fingerprint density at radius 3 is 2.22 bits per heavy atom. The van der Waals surface area contributed by atoms with E-state index in [0.29, 0.717) is 12.8 Å². The van der Waals surface area contributed by atoms with Crippen LogP contribution in [0.1, 0.15) is 94.0 Å². The highest BCUT2D eigenvalue weighted by atomic mass is 16.6. The molecule has 1 unspecified atom stereocenters. The molecule has 2 N–H and O–H groups in total. The Balaban J connectivity index is 2.40. The van der Waals surface area contributed by atoms with Crippen LogP contribution in [0.5, 0.6) is 0 Å². The van der Waals surface area contributed by atoms with Gasteiger partial charge in [0.25, 0.3) is 0 Å². The molecule has 0 aliphatic heterocycles. The monoisotopic (exact) mass is 447 g/mol. The maximum Gasteiger partial charge on any atom is 0.306 e. The highest BCUT2D eigenvalue weighted by molar-refractivity contribution is 5.96. The first-order valence-electron chi connectivity index (χ1n) is 11.5. The van der Waals surface area contributed by atoms with Crippen LogP contribution in [-0.2, 0) is 30.3 Å². The van der Waals surface area contributed by atoms with Gasteiger partial charge in [0.1, 0.15) is 12.7 Å². The smallest absolute Gasteiger partial charge is 0.306 e. The molecule has 0 spiro atoms. The summed E-state index contributed by atoms with van der Waals surface area (Å²) in [6.07, 6.45) is 7.51. The second-order valence-corrected chi connectivity index (χ2v) is 8.06. The maximum atomic E-state index is 12.3. The minimum absolute atomic E-state index is 0.0527. The number of carbonyl (C=O) groups excluding carboxylic acids is 4.